The molecule has 0 saturated carbocycles. The van der Waals surface area contributed by atoms with Crippen LogP contribution in [0.25, 0.3) is 0 Å². The minimum Gasteiger partial charge on any atom is -0.497 e. The Morgan fingerprint density at radius 2 is 1.74 bits per heavy atom. The van der Waals surface area contributed by atoms with Crippen LogP contribution >= 0.6 is 0 Å². The second-order valence-electron chi connectivity index (χ2n) is 6.39. The van der Waals surface area contributed by atoms with Crippen LogP contribution in [0.1, 0.15) is 18.1 Å². The Morgan fingerprint density at radius 3 is 2.39 bits per heavy atom. The molecule has 2 rings (SSSR count). The Hall–Kier alpha value is -3.07. The van der Waals surface area contributed by atoms with Crippen molar-refractivity contribution in [2.24, 2.45) is 4.99 Å². The van der Waals surface area contributed by atoms with E-state index in [0.29, 0.717) is 43.6 Å². The number of ether oxygens (including phenoxy) is 4. The third kappa shape index (κ3) is 8.67. The molecule has 0 bridgehead atoms. The Kier molecular flexibility index (Phi) is 10.4. The smallest absolute Gasteiger partial charge is 0.387 e. The van der Waals surface area contributed by atoms with Crippen molar-refractivity contribution >= 4 is 5.96 Å². The van der Waals surface area contributed by atoms with Crippen LogP contribution in [-0.4, -0.2) is 46.5 Å². The van der Waals surface area contributed by atoms with E-state index in [1.54, 1.807) is 19.2 Å². The van der Waals surface area contributed by atoms with Crippen LogP contribution in [0, 0.1) is 0 Å². The van der Waals surface area contributed by atoms with E-state index in [4.69, 9.17) is 14.2 Å². The van der Waals surface area contributed by atoms with Gasteiger partial charge in [0, 0.05) is 25.8 Å². The van der Waals surface area contributed by atoms with E-state index in [2.05, 4.69) is 20.4 Å². The fourth-order valence-corrected chi connectivity index (χ4v) is 2.66. The van der Waals surface area contributed by atoms with E-state index in [0.717, 1.165) is 11.3 Å². The number of alkyl halides is 2. The van der Waals surface area contributed by atoms with Crippen molar-refractivity contribution in [3.8, 4) is 17.2 Å². The van der Waals surface area contributed by atoms with Crippen molar-refractivity contribution in [2.75, 3.05) is 34.0 Å². The van der Waals surface area contributed by atoms with Crippen LogP contribution in [0.2, 0.25) is 0 Å². The lowest BCUT2D eigenvalue weighted by molar-refractivity contribution is -0.0505. The summed E-state index contributed by atoms with van der Waals surface area (Å²) in [6.45, 7) is 1.38. The molecular weight excluding hydrogens is 408 g/mol. The summed E-state index contributed by atoms with van der Waals surface area (Å²) in [7, 11) is 3.14. The molecule has 7 nitrogen and oxygen atoms in total. The Labute approximate surface area is 181 Å². The lowest BCUT2D eigenvalue weighted by atomic mass is 10.2. The molecule has 0 radical (unpaired) electrons. The third-order valence-corrected chi connectivity index (χ3v) is 4.17. The molecule has 2 aromatic carbocycles. The molecule has 0 aliphatic rings. The first-order valence-electron chi connectivity index (χ1n) is 9.90. The monoisotopic (exact) mass is 437 g/mol. The maximum Gasteiger partial charge on any atom is 0.387 e. The summed E-state index contributed by atoms with van der Waals surface area (Å²) >= 11 is 0. The van der Waals surface area contributed by atoms with Gasteiger partial charge in [0.15, 0.2) is 5.96 Å². The van der Waals surface area contributed by atoms with Crippen LogP contribution in [0.3, 0.4) is 0 Å². The van der Waals surface area contributed by atoms with E-state index in [1.165, 1.54) is 13.2 Å². The molecule has 31 heavy (non-hydrogen) atoms. The van der Waals surface area contributed by atoms with Gasteiger partial charge in [0.05, 0.1) is 20.3 Å². The number of nitrogens with one attached hydrogen (secondary N) is 2. The molecule has 0 saturated heterocycles. The number of benzene rings is 2. The molecule has 0 spiro atoms. The van der Waals surface area contributed by atoms with Crippen molar-refractivity contribution in [1.29, 1.82) is 0 Å². The molecule has 9 heteroatoms. The Bertz CT molecular complexity index is 817. The van der Waals surface area contributed by atoms with Crippen molar-refractivity contribution < 1.29 is 27.7 Å². The van der Waals surface area contributed by atoms with Gasteiger partial charge >= 0.3 is 6.61 Å². The van der Waals surface area contributed by atoms with Gasteiger partial charge in [-0.05, 0) is 42.8 Å². The van der Waals surface area contributed by atoms with E-state index in [9.17, 15) is 8.78 Å². The Balaban J connectivity index is 2.01. The first-order valence-corrected chi connectivity index (χ1v) is 9.90. The van der Waals surface area contributed by atoms with Crippen molar-refractivity contribution in [1.82, 2.24) is 10.6 Å². The lowest BCUT2D eigenvalue weighted by Gasteiger charge is -2.15. The zero-order chi connectivity index (χ0) is 22.5. The highest BCUT2D eigenvalue weighted by molar-refractivity contribution is 5.79. The summed E-state index contributed by atoms with van der Waals surface area (Å²) in [5.41, 5.74) is 1.53. The summed E-state index contributed by atoms with van der Waals surface area (Å²) < 4.78 is 45.7. The second-order valence-corrected chi connectivity index (χ2v) is 6.39. The molecule has 0 unspecified atom stereocenters. The van der Waals surface area contributed by atoms with Gasteiger partial charge in [-0.1, -0.05) is 12.1 Å². The van der Waals surface area contributed by atoms with Gasteiger partial charge in [0.2, 0.25) is 0 Å². The van der Waals surface area contributed by atoms with Gasteiger partial charge in [-0.3, -0.25) is 0 Å². The highest BCUT2D eigenvalue weighted by atomic mass is 19.3. The Morgan fingerprint density at radius 1 is 1.00 bits per heavy atom. The van der Waals surface area contributed by atoms with Gasteiger partial charge in [0.1, 0.15) is 23.9 Å². The molecule has 0 amide bonds. The van der Waals surface area contributed by atoms with E-state index in [1.807, 2.05) is 31.2 Å². The zero-order valence-electron chi connectivity index (χ0n) is 18.0. The number of hydrogen-bond acceptors (Lipinski definition) is 5. The molecule has 0 aliphatic carbocycles. The maximum absolute atomic E-state index is 12.7. The van der Waals surface area contributed by atoms with E-state index >= 15 is 0 Å². The van der Waals surface area contributed by atoms with Crippen LogP contribution in [0.5, 0.6) is 17.2 Å². The summed E-state index contributed by atoms with van der Waals surface area (Å²) in [5.74, 6) is 1.95. The zero-order valence-corrected chi connectivity index (χ0v) is 18.0. The van der Waals surface area contributed by atoms with Gasteiger partial charge in [-0.15, -0.1) is 0 Å². The van der Waals surface area contributed by atoms with Crippen LogP contribution < -0.4 is 24.8 Å². The predicted molar refractivity (Wildman–Crippen MR) is 115 cm³/mol. The van der Waals surface area contributed by atoms with E-state index < -0.39 is 6.61 Å². The second kappa shape index (κ2) is 13.3. The molecule has 2 N–H and O–H groups in total. The number of methoxy groups -OCH3 is 2. The van der Waals surface area contributed by atoms with Crippen molar-refractivity contribution in [3.05, 3.63) is 53.6 Å². The average molecular weight is 437 g/mol. The number of aliphatic imine (C=N–C) groups is 1. The van der Waals surface area contributed by atoms with Crippen molar-refractivity contribution in [2.45, 2.75) is 26.6 Å². The van der Waals surface area contributed by atoms with Gasteiger partial charge in [-0.2, -0.15) is 8.78 Å². The molecule has 0 heterocycles. The molecular formula is C22H29F2N3O4. The average Bonchev–Trinajstić information content (AvgIpc) is 2.77. The van der Waals surface area contributed by atoms with E-state index in [-0.39, 0.29) is 12.3 Å². The topological polar surface area (TPSA) is 73.3 Å². The fourth-order valence-electron chi connectivity index (χ4n) is 2.66. The quantitative estimate of drug-likeness (QED) is 0.300. The number of guanidine groups is 1. The normalized spacial score (nSPS) is 11.4. The standard InChI is InChI=1S/C22H29F2N3O4/c1-4-25-22(26-14-16-5-7-18(8-6-16)30-12-11-28-2)27-15-17-13-19(29-3)9-10-20(17)31-21(23)24/h5-10,13,21H,4,11-12,14-15H2,1-3H3,(H2,25,26,27). The number of halogens is 2. The summed E-state index contributed by atoms with van der Waals surface area (Å²) in [5, 5.41) is 6.28. The van der Waals surface area contributed by atoms with Gasteiger partial charge in [-0.25, -0.2) is 4.99 Å². The molecule has 0 aromatic heterocycles. The highest BCUT2D eigenvalue weighted by Crippen LogP contribution is 2.25. The first kappa shape index (κ1) is 24.2. The molecule has 0 aliphatic heterocycles. The molecule has 2 aromatic rings. The van der Waals surface area contributed by atoms with Crippen LogP contribution in [0.15, 0.2) is 47.5 Å². The predicted octanol–water partition coefficient (Wildman–Crippen LogP) is 3.58. The SMILES string of the molecule is CCNC(=NCc1ccc(OCCOC)cc1)NCc1cc(OC)ccc1OC(F)F. The number of nitrogens with zero attached hydrogens (tertiary/aromatic N) is 1. The number of rotatable bonds is 12. The summed E-state index contributed by atoms with van der Waals surface area (Å²) in [6, 6.07) is 12.3. The van der Waals surface area contributed by atoms with Gasteiger partial charge < -0.3 is 29.6 Å². The largest absolute Gasteiger partial charge is 0.497 e. The van der Waals surface area contributed by atoms with Crippen LogP contribution in [-0.2, 0) is 17.8 Å². The van der Waals surface area contributed by atoms with Gasteiger partial charge in [0.25, 0.3) is 0 Å². The summed E-state index contributed by atoms with van der Waals surface area (Å²) in [6.07, 6.45) is 0. The summed E-state index contributed by atoms with van der Waals surface area (Å²) in [4.78, 5) is 4.55. The highest BCUT2D eigenvalue weighted by Gasteiger charge is 2.11. The minimum absolute atomic E-state index is 0.0863. The third-order valence-electron chi connectivity index (χ3n) is 4.17. The fraction of sp³-hybridized carbons (Fsp3) is 0.409. The lowest BCUT2D eigenvalue weighted by Crippen LogP contribution is -2.36. The maximum atomic E-state index is 12.7. The minimum atomic E-state index is -2.91. The van der Waals surface area contributed by atoms with Crippen molar-refractivity contribution in [3.63, 3.8) is 0 Å². The molecule has 0 atom stereocenters. The first-order chi connectivity index (χ1) is 15.0. The molecule has 170 valence electrons. The van der Waals surface area contributed by atoms with Crippen LogP contribution in [0.4, 0.5) is 8.78 Å². The number of hydrogen-bond donors (Lipinski definition) is 2. The molecule has 0 fully saturated rings.